The summed E-state index contributed by atoms with van der Waals surface area (Å²) in [6.45, 7) is 6.18. The maximum absolute atomic E-state index is 12.9. The van der Waals surface area contributed by atoms with Crippen LogP contribution < -0.4 is 0 Å². The Morgan fingerprint density at radius 3 is 2.33 bits per heavy atom. The van der Waals surface area contributed by atoms with Crippen LogP contribution in [0.2, 0.25) is 0 Å². The Morgan fingerprint density at radius 2 is 1.73 bits per heavy atom. The zero-order chi connectivity index (χ0) is 22.1. The SMILES string of the molecule is CC(C)CN1CC(C(=O)N2CCN(C(=O)c3cccc(C(F)(F)F)c3)CC2)CC1=O. The van der Waals surface area contributed by atoms with E-state index in [2.05, 4.69) is 0 Å². The first-order chi connectivity index (χ1) is 14.1. The van der Waals surface area contributed by atoms with Crippen molar-refractivity contribution in [2.45, 2.75) is 26.4 Å². The molecule has 2 aliphatic rings. The van der Waals surface area contributed by atoms with Gasteiger partial charge in [0.05, 0.1) is 11.5 Å². The Labute approximate surface area is 173 Å². The molecule has 0 bridgehead atoms. The van der Waals surface area contributed by atoms with Gasteiger partial charge in [-0.2, -0.15) is 13.2 Å². The van der Waals surface area contributed by atoms with Gasteiger partial charge >= 0.3 is 6.18 Å². The highest BCUT2D eigenvalue weighted by Gasteiger charge is 2.38. The summed E-state index contributed by atoms with van der Waals surface area (Å²) in [7, 11) is 0. The molecule has 3 rings (SSSR count). The second kappa shape index (κ2) is 8.65. The van der Waals surface area contributed by atoms with E-state index in [1.165, 1.54) is 17.0 Å². The Kier molecular flexibility index (Phi) is 6.38. The molecule has 6 nitrogen and oxygen atoms in total. The zero-order valence-electron chi connectivity index (χ0n) is 17.1. The molecule has 1 aromatic carbocycles. The number of carbonyl (C=O) groups excluding carboxylic acids is 3. The number of amides is 3. The van der Waals surface area contributed by atoms with Gasteiger partial charge in [-0.3, -0.25) is 14.4 Å². The van der Waals surface area contributed by atoms with E-state index < -0.39 is 17.6 Å². The number of alkyl halides is 3. The van der Waals surface area contributed by atoms with Crippen molar-refractivity contribution in [3.63, 3.8) is 0 Å². The fourth-order valence-electron chi connectivity index (χ4n) is 3.95. The van der Waals surface area contributed by atoms with Crippen LogP contribution in [0.1, 0.15) is 36.2 Å². The highest BCUT2D eigenvalue weighted by atomic mass is 19.4. The van der Waals surface area contributed by atoms with Gasteiger partial charge in [-0.1, -0.05) is 19.9 Å². The van der Waals surface area contributed by atoms with Gasteiger partial charge in [0, 0.05) is 51.3 Å². The number of benzene rings is 1. The molecule has 2 saturated heterocycles. The third-order valence-electron chi connectivity index (χ3n) is 5.46. The van der Waals surface area contributed by atoms with Crippen molar-refractivity contribution >= 4 is 17.7 Å². The molecule has 2 fully saturated rings. The van der Waals surface area contributed by atoms with E-state index in [-0.39, 0.29) is 42.8 Å². The van der Waals surface area contributed by atoms with Crippen molar-refractivity contribution in [1.29, 1.82) is 0 Å². The quantitative estimate of drug-likeness (QED) is 0.745. The molecule has 1 unspecified atom stereocenters. The summed E-state index contributed by atoms with van der Waals surface area (Å²) in [5, 5.41) is 0. The van der Waals surface area contributed by atoms with Gasteiger partial charge in [0.15, 0.2) is 0 Å². The number of likely N-dealkylation sites (tertiary alicyclic amines) is 1. The average molecular weight is 425 g/mol. The van der Waals surface area contributed by atoms with Crippen LogP contribution in [0.15, 0.2) is 24.3 Å². The number of piperazine rings is 1. The number of hydrogen-bond donors (Lipinski definition) is 0. The molecule has 1 aromatic rings. The van der Waals surface area contributed by atoms with Crippen LogP contribution in [0, 0.1) is 11.8 Å². The molecule has 3 amide bonds. The highest BCUT2D eigenvalue weighted by molar-refractivity contribution is 5.95. The fourth-order valence-corrected chi connectivity index (χ4v) is 3.95. The summed E-state index contributed by atoms with van der Waals surface area (Å²) >= 11 is 0. The molecule has 0 aromatic heterocycles. The van der Waals surface area contributed by atoms with E-state index in [1.54, 1.807) is 9.80 Å². The minimum atomic E-state index is -4.51. The summed E-state index contributed by atoms with van der Waals surface area (Å²) < 4.78 is 38.7. The van der Waals surface area contributed by atoms with Crippen LogP contribution in [0.4, 0.5) is 13.2 Å². The molecular weight excluding hydrogens is 399 g/mol. The molecule has 0 radical (unpaired) electrons. The second-order valence-corrected chi connectivity index (χ2v) is 8.29. The van der Waals surface area contributed by atoms with E-state index >= 15 is 0 Å². The molecule has 0 saturated carbocycles. The normalized spacial score (nSPS) is 20.3. The van der Waals surface area contributed by atoms with E-state index in [4.69, 9.17) is 0 Å². The third-order valence-corrected chi connectivity index (χ3v) is 5.46. The summed E-state index contributed by atoms with van der Waals surface area (Å²) in [4.78, 5) is 42.4. The van der Waals surface area contributed by atoms with Crippen molar-refractivity contribution in [2.75, 3.05) is 39.3 Å². The topological polar surface area (TPSA) is 60.9 Å². The summed E-state index contributed by atoms with van der Waals surface area (Å²) in [6, 6.07) is 4.37. The van der Waals surface area contributed by atoms with Crippen LogP contribution in [-0.2, 0) is 15.8 Å². The van der Waals surface area contributed by atoms with Gasteiger partial charge in [-0.05, 0) is 24.1 Å². The van der Waals surface area contributed by atoms with Crippen LogP contribution >= 0.6 is 0 Å². The van der Waals surface area contributed by atoms with E-state index in [0.29, 0.717) is 32.1 Å². The molecule has 0 spiro atoms. The van der Waals surface area contributed by atoms with Crippen LogP contribution in [0.3, 0.4) is 0 Å². The van der Waals surface area contributed by atoms with E-state index in [1.807, 2.05) is 13.8 Å². The van der Waals surface area contributed by atoms with Gasteiger partial charge < -0.3 is 14.7 Å². The van der Waals surface area contributed by atoms with Crippen molar-refractivity contribution in [1.82, 2.24) is 14.7 Å². The van der Waals surface area contributed by atoms with Gasteiger partial charge in [-0.25, -0.2) is 0 Å². The summed E-state index contributed by atoms with van der Waals surface area (Å²) in [5.74, 6) is -0.635. The van der Waals surface area contributed by atoms with Crippen molar-refractivity contribution < 1.29 is 27.6 Å². The molecule has 1 atom stereocenters. The predicted octanol–water partition coefficient (Wildman–Crippen LogP) is 2.49. The number of nitrogens with zero attached hydrogens (tertiary/aromatic N) is 3. The molecule has 0 aliphatic carbocycles. The van der Waals surface area contributed by atoms with Crippen molar-refractivity contribution in [2.24, 2.45) is 11.8 Å². The molecule has 30 heavy (non-hydrogen) atoms. The van der Waals surface area contributed by atoms with Gasteiger partial charge in [0.25, 0.3) is 5.91 Å². The van der Waals surface area contributed by atoms with E-state index in [9.17, 15) is 27.6 Å². The van der Waals surface area contributed by atoms with Gasteiger partial charge in [-0.15, -0.1) is 0 Å². The van der Waals surface area contributed by atoms with Gasteiger partial charge in [0.2, 0.25) is 11.8 Å². The number of rotatable bonds is 4. The van der Waals surface area contributed by atoms with Crippen LogP contribution in [0.25, 0.3) is 0 Å². The minimum absolute atomic E-state index is 0.0135. The Balaban J connectivity index is 1.57. The maximum Gasteiger partial charge on any atom is 0.416 e. The average Bonchev–Trinajstić information content (AvgIpc) is 3.06. The molecule has 9 heteroatoms. The predicted molar refractivity (Wildman–Crippen MR) is 103 cm³/mol. The van der Waals surface area contributed by atoms with Crippen LogP contribution in [0.5, 0.6) is 0 Å². The number of carbonyl (C=O) groups is 3. The zero-order valence-corrected chi connectivity index (χ0v) is 17.1. The number of halogens is 3. The van der Waals surface area contributed by atoms with E-state index in [0.717, 1.165) is 12.1 Å². The Morgan fingerprint density at radius 1 is 1.10 bits per heavy atom. The largest absolute Gasteiger partial charge is 0.416 e. The first-order valence-corrected chi connectivity index (χ1v) is 10.1. The fraction of sp³-hybridized carbons (Fsp3) is 0.571. The first kappa shape index (κ1) is 22.1. The monoisotopic (exact) mass is 425 g/mol. The smallest absolute Gasteiger partial charge is 0.342 e. The van der Waals surface area contributed by atoms with Crippen molar-refractivity contribution in [3.8, 4) is 0 Å². The summed E-state index contributed by atoms with van der Waals surface area (Å²) in [5.41, 5.74) is -0.880. The van der Waals surface area contributed by atoms with Crippen LogP contribution in [-0.4, -0.2) is 71.7 Å². The lowest BCUT2D eigenvalue weighted by Crippen LogP contribution is -2.52. The standard InChI is InChI=1S/C21H26F3N3O3/c1-14(2)12-27-13-16(11-18(27)28)20(30)26-8-6-25(7-9-26)19(29)15-4-3-5-17(10-15)21(22,23)24/h3-5,10,14,16H,6-9,11-13H2,1-2H3. The third kappa shape index (κ3) is 4.94. The maximum atomic E-state index is 12.9. The Bertz CT molecular complexity index is 817. The molecule has 2 aliphatic heterocycles. The lowest BCUT2D eigenvalue weighted by molar-refractivity contribution is -0.138. The summed E-state index contributed by atoms with van der Waals surface area (Å²) in [6.07, 6.45) is -4.31. The first-order valence-electron chi connectivity index (χ1n) is 10.1. The number of hydrogen-bond acceptors (Lipinski definition) is 3. The van der Waals surface area contributed by atoms with Gasteiger partial charge in [0.1, 0.15) is 0 Å². The molecule has 2 heterocycles. The second-order valence-electron chi connectivity index (χ2n) is 8.29. The highest BCUT2D eigenvalue weighted by Crippen LogP contribution is 2.30. The molecular formula is C21H26F3N3O3. The lowest BCUT2D eigenvalue weighted by atomic mass is 10.1. The van der Waals surface area contributed by atoms with Crippen molar-refractivity contribution in [3.05, 3.63) is 35.4 Å². The lowest BCUT2D eigenvalue weighted by Gasteiger charge is -2.36. The molecule has 0 N–H and O–H groups in total. The minimum Gasteiger partial charge on any atom is -0.342 e. The Hall–Kier alpha value is -2.58. The molecule has 164 valence electrons.